The molecule has 0 spiro atoms. The van der Waals surface area contributed by atoms with Crippen molar-refractivity contribution in [2.24, 2.45) is 23.7 Å². The van der Waals surface area contributed by atoms with E-state index < -0.39 is 23.8 Å². The second-order valence-electron chi connectivity index (χ2n) is 7.23. The largest absolute Gasteiger partial charge is 0.481 e. The second kappa shape index (κ2) is 6.54. The molecule has 1 heterocycles. The maximum absolute atomic E-state index is 12.9. The van der Waals surface area contributed by atoms with Gasteiger partial charge in [-0.2, -0.15) is 0 Å². The first-order valence-electron chi connectivity index (χ1n) is 8.96. The van der Waals surface area contributed by atoms with Crippen LogP contribution >= 0.6 is 11.3 Å². The van der Waals surface area contributed by atoms with Crippen LogP contribution in [0.4, 0.5) is 5.00 Å². The van der Waals surface area contributed by atoms with Gasteiger partial charge in [-0.3, -0.25) is 9.59 Å². The Labute approximate surface area is 155 Å². The number of thiophene rings is 1. The lowest BCUT2D eigenvalue weighted by atomic mass is 9.82. The summed E-state index contributed by atoms with van der Waals surface area (Å²) < 4.78 is 4.93. The van der Waals surface area contributed by atoms with Crippen molar-refractivity contribution in [3.63, 3.8) is 0 Å². The van der Waals surface area contributed by atoms with Crippen LogP contribution in [-0.4, -0.2) is 30.1 Å². The number of amides is 1. The zero-order valence-electron chi connectivity index (χ0n) is 14.5. The maximum Gasteiger partial charge on any atom is 0.341 e. The maximum atomic E-state index is 12.9. The molecule has 1 aromatic rings. The molecule has 0 radical (unpaired) electrons. The van der Waals surface area contributed by atoms with Crippen LogP contribution in [0, 0.1) is 23.7 Å². The molecule has 1 aromatic heterocycles. The van der Waals surface area contributed by atoms with Crippen LogP contribution in [-0.2, 0) is 27.2 Å². The summed E-state index contributed by atoms with van der Waals surface area (Å²) in [5, 5.41) is 12.9. The number of aliphatic carboxylic acids is 1. The fraction of sp³-hybridized carbons (Fsp3) is 0.526. The first kappa shape index (κ1) is 17.3. The highest BCUT2D eigenvalue weighted by molar-refractivity contribution is 7.17. The number of ether oxygens (including phenoxy) is 1. The molecule has 0 aliphatic heterocycles. The molecule has 7 heteroatoms. The van der Waals surface area contributed by atoms with E-state index in [0.29, 0.717) is 17.0 Å². The van der Waals surface area contributed by atoms with E-state index in [4.69, 9.17) is 4.74 Å². The number of anilines is 1. The van der Waals surface area contributed by atoms with Crippen molar-refractivity contribution in [1.29, 1.82) is 0 Å². The number of nitrogens with one attached hydrogen (secondary N) is 1. The van der Waals surface area contributed by atoms with Gasteiger partial charge in [0.25, 0.3) is 0 Å². The van der Waals surface area contributed by atoms with E-state index in [1.54, 1.807) is 0 Å². The molecular formula is C19H21NO5S. The van der Waals surface area contributed by atoms with E-state index in [-0.39, 0.29) is 17.7 Å². The Bertz CT molecular complexity index is 811. The average Bonchev–Trinajstić information content (AvgIpc) is 3.32. The van der Waals surface area contributed by atoms with Crippen LogP contribution < -0.4 is 5.32 Å². The summed E-state index contributed by atoms with van der Waals surface area (Å²) in [6.45, 7) is 0. The zero-order chi connectivity index (χ0) is 18.4. The molecule has 1 saturated carbocycles. The molecule has 0 saturated heterocycles. The minimum atomic E-state index is -0.930. The second-order valence-corrected chi connectivity index (χ2v) is 8.34. The van der Waals surface area contributed by atoms with E-state index >= 15 is 0 Å². The summed E-state index contributed by atoms with van der Waals surface area (Å²) in [5.74, 6) is -3.09. The number of esters is 1. The van der Waals surface area contributed by atoms with Crippen molar-refractivity contribution in [3.8, 4) is 0 Å². The molecule has 4 atom stereocenters. The Kier molecular flexibility index (Phi) is 4.34. The van der Waals surface area contributed by atoms with Gasteiger partial charge in [-0.1, -0.05) is 12.2 Å². The van der Waals surface area contributed by atoms with Crippen LogP contribution in [0.2, 0.25) is 0 Å². The van der Waals surface area contributed by atoms with Gasteiger partial charge in [0.05, 0.1) is 24.5 Å². The monoisotopic (exact) mass is 375 g/mol. The average molecular weight is 375 g/mol. The van der Waals surface area contributed by atoms with Crippen LogP contribution in [0.5, 0.6) is 0 Å². The molecule has 26 heavy (non-hydrogen) atoms. The van der Waals surface area contributed by atoms with Gasteiger partial charge in [0.1, 0.15) is 5.00 Å². The standard InChI is InChI=1S/C19H21NO5S/c1-25-19(24)15-11-4-2-3-5-12(11)26-17(15)20-16(21)13-9-6-7-10(8-9)14(13)18(22)23/h6-7,9-10,13-14H,2-5,8H2,1H3,(H,20,21)(H,22,23). The molecule has 3 aliphatic carbocycles. The number of methoxy groups -OCH3 is 1. The lowest BCUT2D eigenvalue weighted by Crippen LogP contribution is -2.36. The summed E-state index contributed by atoms with van der Waals surface area (Å²) >= 11 is 1.42. The minimum Gasteiger partial charge on any atom is -0.481 e. The van der Waals surface area contributed by atoms with Crippen LogP contribution in [0.25, 0.3) is 0 Å². The molecular weight excluding hydrogens is 354 g/mol. The van der Waals surface area contributed by atoms with Gasteiger partial charge < -0.3 is 15.2 Å². The predicted molar refractivity (Wildman–Crippen MR) is 96.3 cm³/mol. The highest BCUT2D eigenvalue weighted by Crippen LogP contribution is 2.49. The number of carboxylic acid groups (broad SMARTS) is 1. The molecule has 2 bridgehead atoms. The van der Waals surface area contributed by atoms with Gasteiger partial charge in [0.15, 0.2) is 0 Å². The summed E-state index contributed by atoms with van der Waals surface area (Å²) in [5.41, 5.74) is 1.43. The Hall–Kier alpha value is -2.15. The topological polar surface area (TPSA) is 92.7 Å². The summed E-state index contributed by atoms with van der Waals surface area (Å²) in [6, 6.07) is 0. The Balaban J connectivity index is 1.64. The van der Waals surface area contributed by atoms with Gasteiger partial charge in [-0.25, -0.2) is 4.79 Å². The van der Waals surface area contributed by atoms with Crippen molar-refractivity contribution in [3.05, 3.63) is 28.2 Å². The zero-order valence-corrected chi connectivity index (χ0v) is 15.3. The number of rotatable bonds is 4. The molecule has 1 amide bonds. The first-order valence-corrected chi connectivity index (χ1v) is 9.77. The smallest absolute Gasteiger partial charge is 0.341 e. The number of allylic oxidation sites excluding steroid dienone is 2. The predicted octanol–water partition coefficient (Wildman–Crippen LogP) is 2.87. The van der Waals surface area contributed by atoms with Gasteiger partial charge >= 0.3 is 11.9 Å². The van der Waals surface area contributed by atoms with Crippen molar-refractivity contribution in [1.82, 2.24) is 0 Å². The fourth-order valence-electron chi connectivity index (χ4n) is 4.68. The fourth-order valence-corrected chi connectivity index (χ4v) is 5.96. The molecule has 6 nitrogen and oxygen atoms in total. The number of carbonyl (C=O) groups excluding carboxylic acids is 2. The molecule has 1 fully saturated rings. The van der Waals surface area contributed by atoms with Gasteiger partial charge in [0.2, 0.25) is 5.91 Å². The number of hydrogen-bond donors (Lipinski definition) is 2. The van der Waals surface area contributed by atoms with E-state index in [1.165, 1.54) is 18.4 Å². The lowest BCUT2D eigenvalue weighted by Gasteiger charge is -2.23. The highest BCUT2D eigenvalue weighted by Gasteiger charge is 2.51. The van der Waals surface area contributed by atoms with Crippen LogP contribution in [0.3, 0.4) is 0 Å². The number of aryl methyl sites for hydroxylation is 1. The van der Waals surface area contributed by atoms with Crippen molar-refractivity contribution in [2.45, 2.75) is 32.1 Å². The molecule has 138 valence electrons. The van der Waals surface area contributed by atoms with Crippen molar-refractivity contribution >= 4 is 34.2 Å². The molecule has 0 aromatic carbocycles. The number of hydrogen-bond acceptors (Lipinski definition) is 5. The van der Waals surface area contributed by atoms with Crippen LogP contribution in [0.1, 0.15) is 40.1 Å². The van der Waals surface area contributed by atoms with Crippen molar-refractivity contribution in [2.75, 3.05) is 12.4 Å². The van der Waals surface area contributed by atoms with E-state index in [9.17, 15) is 19.5 Å². The number of carbonyl (C=O) groups is 3. The minimum absolute atomic E-state index is 0.0442. The van der Waals surface area contributed by atoms with Crippen molar-refractivity contribution < 1.29 is 24.2 Å². The van der Waals surface area contributed by atoms with E-state index in [0.717, 1.165) is 36.1 Å². The van der Waals surface area contributed by atoms with Gasteiger partial charge in [-0.15, -0.1) is 11.3 Å². The first-order chi connectivity index (χ1) is 12.5. The normalized spacial score (nSPS) is 28.7. The molecule has 3 aliphatic rings. The SMILES string of the molecule is COC(=O)c1c(NC(=O)C2C3C=CC(C3)C2C(=O)O)sc2c1CCCC2. The number of carboxylic acids is 1. The lowest BCUT2D eigenvalue weighted by molar-refractivity contribution is -0.146. The van der Waals surface area contributed by atoms with Gasteiger partial charge in [-0.05, 0) is 49.5 Å². The summed E-state index contributed by atoms with van der Waals surface area (Å²) in [4.78, 5) is 38.0. The van der Waals surface area contributed by atoms with E-state index in [1.807, 2.05) is 12.2 Å². The third-order valence-electron chi connectivity index (χ3n) is 5.84. The molecule has 4 rings (SSSR count). The third-order valence-corrected chi connectivity index (χ3v) is 7.05. The Morgan fingerprint density at radius 2 is 1.85 bits per heavy atom. The quantitative estimate of drug-likeness (QED) is 0.624. The van der Waals surface area contributed by atoms with E-state index in [2.05, 4.69) is 5.32 Å². The molecule has 4 unspecified atom stereocenters. The summed E-state index contributed by atoms with van der Waals surface area (Å²) in [6.07, 6.45) is 8.36. The van der Waals surface area contributed by atoms with Gasteiger partial charge in [0, 0.05) is 4.88 Å². The van der Waals surface area contributed by atoms with Crippen LogP contribution in [0.15, 0.2) is 12.2 Å². The highest BCUT2D eigenvalue weighted by atomic mass is 32.1. The third kappa shape index (κ3) is 2.65. The molecule has 2 N–H and O–H groups in total. The summed E-state index contributed by atoms with van der Waals surface area (Å²) in [7, 11) is 1.34. The Morgan fingerprint density at radius 3 is 2.54 bits per heavy atom. The number of fused-ring (bicyclic) bond motifs is 3. The Morgan fingerprint density at radius 1 is 1.15 bits per heavy atom.